The summed E-state index contributed by atoms with van der Waals surface area (Å²) in [6, 6.07) is 5.88. The lowest BCUT2D eigenvalue weighted by Crippen LogP contribution is -2.51. The van der Waals surface area contributed by atoms with Crippen LogP contribution >= 0.6 is 0 Å². The normalized spacial score (nSPS) is 33.7. The van der Waals surface area contributed by atoms with Gasteiger partial charge < -0.3 is 11.1 Å². The van der Waals surface area contributed by atoms with Crippen LogP contribution in [0, 0.1) is 5.41 Å². The highest BCUT2D eigenvalue weighted by molar-refractivity contribution is 5.92. The minimum absolute atomic E-state index is 0.0639. The quantitative estimate of drug-likeness (QED) is 0.852. The second kappa shape index (κ2) is 4.93. The van der Waals surface area contributed by atoms with Crippen molar-refractivity contribution in [3.05, 3.63) is 30.1 Å². The van der Waals surface area contributed by atoms with E-state index >= 15 is 0 Å². The molecule has 2 aliphatic rings. The van der Waals surface area contributed by atoms with Gasteiger partial charge in [-0.1, -0.05) is 18.9 Å². The lowest BCUT2D eigenvalue weighted by Gasteiger charge is -2.35. The zero-order valence-electron chi connectivity index (χ0n) is 11.1. The number of nitrogens with zero attached hydrogens (tertiary/aromatic N) is 1. The predicted molar refractivity (Wildman–Crippen MR) is 73.6 cm³/mol. The molecule has 4 nitrogen and oxygen atoms in total. The first kappa shape index (κ1) is 12.6. The molecule has 1 amide bonds. The molecule has 1 heterocycles. The van der Waals surface area contributed by atoms with Crippen LogP contribution < -0.4 is 11.1 Å². The van der Waals surface area contributed by atoms with E-state index in [9.17, 15) is 4.79 Å². The number of hydrogen-bond acceptors (Lipinski definition) is 3. The Hall–Kier alpha value is -1.42. The molecule has 3 rings (SSSR count). The summed E-state index contributed by atoms with van der Waals surface area (Å²) in [6.07, 6.45) is 8.46. The zero-order chi connectivity index (χ0) is 13.3. The second-order valence-corrected chi connectivity index (χ2v) is 5.87. The average Bonchev–Trinajstić information content (AvgIpc) is 3.00. The van der Waals surface area contributed by atoms with Crippen molar-refractivity contribution in [2.24, 2.45) is 11.1 Å². The molecule has 2 aliphatic carbocycles. The molecule has 1 aromatic rings. The molecule has 4 heteroatoms. The third-order valence-electron chi connectivity index (χ3n) is 4.93. The van der Waals surface area contributed by atoms with Crippen molar-refractivity contribution in [3.63, 3.8) is 0 Å². The van der Waals surface area contributed by atoms with E-state index in [0.29, 0.717) is 5.69 Å². The minimum Gasteiger partial charge on any atom is -0.347 e. The van der Waals surface area contributed by atoms with E-state index in [4.69, 9.17) is 5.73 Å². The van der Waals surface area contributed by atoms with Gasteiger partial charge in [-0.25, -0.2) is 0 Å². The van der Waals surface area contributed by atoms with E-state index in [1.165, 1.54) is 12.8 Å². The molecule has 1 aromatic heterocycles. The number of nitrogens with one attached hydrogen (secondary N) is 1. The van der Waals surface area contributed by atoms with Gasteiger partial charge in [-0.3, -0.25) is 9.78 Å². The Labute approximate surface area is 113 Å². The first-order chi connectivity index (χ1) is 9.22. The Morgan fingerprint density at radius 1 is 1.32 bits per heavy atom. The molecule has 0 bridgehead atoms. The summed E-state index contributed by atoms with van der Waals surface area (Å²) >= 11 is 0. The zero-order valence-corrected chi connectivity index (χ0v) is 11.1. The number of pyridine rings is 1. The molecule has 2 fully saturated rings. The number of nitrogens with two attached hydrogens (primary N) is 1. The van der Waals surface area contributed by atoms with E-state index in [2.05, 4.69) is 10.3 Å². The fourth-order valence-electron chi connectivity index (χ4n) is 3.91. The van der Waals surface area contributed by atoms with Gasteiger partial charge in [-0.15, -0.1) is 0 Å². The molecule has 0 aliphatic heterocycles. The Morgan fingerprint density at radius 2 is 2.11 bits per heavy atom. The number of amides is 1. The van der Waals surface area contributed by atoms with Crippen molar-refractivity contribution >= 4 is 5.91 Å². The molecule has 0 radical (unpaired) electrons. The van der Waals surface area contributed by atoms with Gasteiger partial charge in [0.2, 0.25) is 0 Å². The first-order valence-corrected chi connectivity index (χ1v) is 7.20. The van der Waals surface area contributed by atoms with Crippen molar-refractivity contribution in [3.8, 4) is 0 Å². The Bertz CT molecular complexity index is 458. The predicted octanol–water partition coefficient (Wildman–Crippen LogP) is 1.86. The van der Waals surface area contributed by atoms with E-state index in [1.807, 2.05) is 12.1 Å². The van der Waals surface area contributed by atoms with Gasteiger partial charge in [-0.2, -0.15) is 0 Å². The average molecular weight is 259 g/mol. The highest BCUT2D eigenvalue weighted by Gasteiger charge is 2.50. The van der Waals surface area contributed by atoms with Crippen LogP contribution in [-0.4, -0.2) is 23.0 Å². The fourth-order valence-corrected chi connectivity index (χ4v) is 3.91. The van der Waals surface area contributed by atoms with Gasteiger partial charge in [0, 0.05) is 23.7 Å². The van der Waals surface area contributed by atoms with Crippen LogP contribution in [0.3, 0.4) is 0 Å². The standard InChI is InChI=1S/C15H21N3O/c16-12-6-3-8-15(12)9-4-7-13(15)18-14(19)11-5-1-2-10-17-11/h1-2,5,10,12-13H,3-4,6-9,16H2,(H,18,19). The van der Waals surface area contributed by atoms with Crippen molar-refractivity contribution in [1.82, 2.24) is 10.3 Å². The molecule has 0 aromatic carbocycles. The molecular formula is C15H21N3O. The summed E-state index contributed by atoms with van der Waals surface area (Å²) in [5.74, 6) is -0.0639. The summed E-state index contributed by atoms with van der Waals surface area (Å²) in [5, 5.41) is 3.18. The Kier molecular flexibility index (Phi) is 3.27. The van der Waals surface area contributed by atoms with Gasteiger partial charge in [0.1, 0.15) is 5.69 Å². The van der Waals surface area contributed by atoms with Crippen LogP contribution in [-0.2, 0) is 0 Å². The Morgan fingerprint density at radius 3 is 2.74 bits per heavy atom. The maximum atomic E-state index is 12.2. The van der Waals surface area contributed by atoms with Gasteiger partial charge in [-0.05, 0) is 37.8 Å². The van der Waals surface area contributed by atoms with Crippen molar-refractivity contribution < 1.29 is 4.79 Å². The summed E-state index contributed by atoms with van der Waals surface area (Å²) in [7, 11) is 0. The van der Waals surface area contributed by atoms with Crippen LogP contribution in [0.25, 0.3) is 0 Å². The van der Waals surface area contributed by atoms with Crippen LogP contribution in [0.2, 0.25) is 0 Å². The van der Waals surface area contributed by atoms with Crippen LogP contribution in [0.4, 0.5) is 0 Å². The van der Waals surface area contributed by atoms with Crippen LogP contribution in [0.1, 0.15) is 49.0 Å². The number of hydrogen-bond donors (Lipinski definition) is 2. The molecule has 1 spiro atoms. The molecule has 19 heavy (non-hydrogen) atoms. The van der Waals surface area contributed by atoms with Crippen LogP contribution in [0.15, 0.2) is 24.4 Å². The highest BCUT2D eigenvalue weighted by atomic mass is 16.1. The Balaban J connectivity index is 1.74. The van der Waals surface area contributed by atoms with Gasteiger partial charge in [0.05, 0.1) is 0 Å². The van der Waals surface area contributed by atoms with E-state index in [-0.39, 0.29) is 23.4 Å². The summed E-state index contributed by atoms with van der Waals surface area (Å²) in [6.45, 7) is 0. The van der Waals surface area contributed by atoms with E-state index in [1.54, 1.807) is 12.3 Å². The monoisotopic (exact) mass is 259 g/mol. The van der Waals surface area contributed by atoms with E-state index < -0.39 is 0 Å². The van der Waals surface area contributed by atoms with E-state index in [0.717, 1.165) is 25.7 Å². The van der Waals surface area contributed by atoms with Crippen molar-refractivity contribution in [2.45, 2.75) is 50.6 Å². The molecule has 102 valence electrons. The third-order valence-corrected chi connectivity index (χ3v) is 4.93. The molecule has 0 saturated heterocycles. The number of rotatable bonds is 2. The third kappa shape index (κ3) is 2.14. The molecule has 3 N–H and O–H groups in total. The van der Waals surface area contributed by atoms with Crippen LogP contribution in [0.5, 0.6) is 0 Å². The maximum Gasteiger partial charge on any atom is 0.270 e. The number of carbonyl (C=O) groups is 1. The fraction of sp³-hybridized carbons (Fsp3) is 0.600. The van der Waals surface area contributed by atoms with Crippen molar-refractivity contribution in [2.75, 3.05) is 0 Å². The lowest BCUT2D eigenvalue weighted by atomic mass is 9.77. The maximum absolute atomic E-state index is 12.2. The smallest absolute Gasteiger partial charge is 0.270 e. The first-order valence-electron chi connectivity index (χ1n) is 7.20. The molecule has 3 atom stereocenters. The molecule has 3 unspecified atom stereocenters. The van der Waals surface area contributed by atoms with Gasteiger partial charge >= 0.3 is 0 Å². The minimum atomic E-state index is -0.0639. The summed E-state index contributed by atoms with van der Waals surface area (Å²) < 4.78 is 0. The SMILES string of the molecule is NC1CCCC12CCCC2NC(=O)c1ccccn1. The largest absolute Gasteiger partial charge is 0.347 e. The summed E-state index contributed by atoms with van der Waals surface area (Å²) in [5.41, 5.74) is 6.95. The van der Waals surface area contributed by atoms with Crippen molar-refractivity contribution in [1.29, 1.82) is 0 Å². The second-order valence-electron chi connectivity index (χ2n) is 5.87. The lowest BCUT2D eigenvalue weighted by molar-refractivity contribution is 0.0884. The highest BCUT2D eigenvalue weighted by Crippen LogP contribution is 2.49. The van der Waals surface area contributed by atoms with Gasteiger partial charge in [0.25, 0.3) is 5.91 Å². The topological polar surface area (TPSA) is 68.0 Å². The number of aromatic nitrogens is 1. The molecule has 2 saturated carbocycles. The van der Waals surface area contributed by atoms with Gasteiger partial charge in [0.15, 0.2) is 0 Å². The molecular weight excluding hydrogens is 238 g/mol. The summed E-state index contributed by atoms with van der Waals surface area (Å²) in [4.78, 5) is 16.3. The number of carbonyl (C=O) groups excluding carboxylic acids is 1.